The molecular weight excluding hydrogens is 218 g/mol. The third kappa shape index (κ3) is 3.58. The van der Waals surface area contributed by atoms with Crippen LogP contribution in [0.1, 0.15) is 63.3 Å². The van der Waals surface area contributed by atoms with Gasteiger partial charge in [0.05, 0.1) is 0 Å². The summed E-state index contributed by atoms with van der Waals surface area (Å²) in [5.41, 5.74) is 4.50. The predicted octanol–water partition coefficient (Wildman–Crippen LogP) is 4.78. The summed E-state index contributed by atoms with van der Waals surface area (Å²) in [6.45, 7) is 14.7. The Kier molecular flexibility index (Phi) is 5.40. The lowest BCUT2D eigenvalue weighted by molar-refractivity contribution is 0.234. The number of nitrogens with one attached hydrogen (secondary N) is 1. The summed E-state index contributed by atoms with van der Waals surface area (Å²) in [5.74, 6) is 0. The fourth-order valence-electron chi connectivity index (χ4n) is 2.37. The molecule has 0 saturated heterocycles. The Labute approximate surface area is 113 Å². The van der Waals surface area contributed by atoms with Gasteiger partial charge in [-0.2, -0.15) is 0 Å². The second-order valence-corrected chi connectivity index (χ2v) is 6.09. The maximum Gasteiger partial charge on any atom is 0.0374 e. The first-order valence-electron chi connectivity index (χ1n) is 7.23. The van der Waals surface area contributed by atoms with Gasteiger partial charge in [-0.05, 0) is 49.8 Å². The quantitative estimate of drug-likeness (QED) is 0.763. The lowest BCUT2D eigenvalue weighted by Crippen LogP contribution is -2.35. The molecule has 1 N–H and O–H groups in total. The molecule has 0 aliphatic heterocycles. The molecule has 0 spiro atoms. The van der Waals surface area contributed by atoms with E-state index in [0.29, 0.717) is 6.04 Å². The molecule has 1 nitrogen and oxygen atoms in total. The van der Waals surface area contributed by atoms with Gasteiger partial charge in [-0.3, -0.25) is 0 Å². The van der Waals surface area contributed by atoms with Gasteiger partial charge in [0.15, 0.2) is 0 Å². The molecule has 18 heavy (non-hydrogen) atoms. The normalized spacial score (nSPS) is 13.7. The maximum atomic E-state index is 3.74. The highest BCUT2D eigenvalue weighted by atomic mass is 14.9. The van der Waals surface area contributed by atoms with E-state index in [9.17, 15) is 0 Å². The third-order valence-electron chi connectivity index (χ3n) is 4.04. The molecule has 1 aromatic rings. The van der Waals surface area contributed by atoms with Crippen LogP contribution >= 0.6 is 0 Å². The maximum absolute atomic E-state index is 3.74. The topological polar surface area (TPSA) is 12.0 Å². The molecule has 1 rings (SSSR count). The van der Waals surface area contributed by atoms with Gasteiger partial charge in [-0.25, -0.2) is 0 Å². The summed E-state index contributed by atoms with van der Waals surface area (Å²) < 4.78 is 0. The molecule has 0 fully saturated rings. The summed E-state index contributed by atoms with van der Waals surface area (Å²) in [7, 11) is 0. The summed E-state index contributed by atoms with van der Waals surface area (Å²) in [6.07, 6.45) is 2.36. The van der Waals surface area contributed by atoms with Gasteiger partial charge >= 0.3 is 0 Å². The van der Waals surface area contributed by atoms with Gasteiger partial charge in [0, 0.05) is 6.04 Å². The van der Waals surface area contributed by atoms with Crippen LogP contribution in [-0.4, -0.2) is 6.54 Å². The average molecular weight is 247 g/mol. The first-order chi connectivity index (χ1) is 8.42. The minimum atomic E-state index is 0.285. The number of rotatable bonds is 6. The van der Waals surface area contributed by atoms with Gasteiger partial charge in [0.25, 0.3) is 0 Å². The molecule has 0 radical (unpaired) electrons. The van der Waals surface area contributed by atoms with E-state index in [0.717, 1.165) is 6.54 Å². The molecule has 1 atom stereocenters. The lowest BCUT2D eigenvalue weighted by Gasteiger charge is -2.36. The molecule has 0 heterocycles. The average Bonchev–Trinajstić information content (AvgIpc) is 2.33. The van der Waals surface area contributed by atoms with E-state index in [1.165, 1.54) is 29.5 Å². The van der Waals surface area contributed by atoms with Crippen LogP contribution in [0.15, 0.2) is 18.2 Å². The predicted molar refractivity (Wildman–Crippen MR) is 81.0 cm³/mol. The van der Waals surface area contributed by atoms with E-state index in [1.807, 2.05) is 0 Å². The highest BCUT2D eigenvalue weighted by Gasteiger charge is 2.29. The Hall–Kier alpha value is -0.820. The molecule has 0 aliphatic carbocycles. The molecule has 0 aliphatic rings. The van der Waals surface area contributed by atoms with Crippen molar-refractivity contribution in [2.45, 2.75) is 60.4 Å². The van der Waals surface area contributed by atoms with Crippen LogP contribution in [0.3, 0.4) is 0 Å². The monoisotopic (exact) mass is 247 g/mol. The molecule has 1 unspecified atom stereocenters. The molecule has 0 amide bonds. The molecular formula is C17H29N. The van der Waals surface area contributed by atoms with Crippen LogP contribution < -0.4 is 5.32 Å². The van der Waals surface area contributed by atoms with E-state index in [4.69, 9.17) is 0 Å². The van der Waals surface area contributed by atoms with Crippen LogP contribution in [0, 0.1) is 19.3 Å². The van der Waals surface area contributed by atoms with Gasteiger partial charge in [-0.15, -0.1) is 0 Å². The first kappa shape index (κ1) is 15.2. The minimum absolute atomic E-state index is 0.285. The van der Waals surface area contributed by atoms with Crippen molar-refractivity contribution < 1.29 is 0 Å². The Bertz CT molecular complexity index is 379. The van der Waals surface area contributed by atoms with Crippen LogP contribution in [0.5, 0.6) is 0 Å². The van der Waals surface area contributed by atoms with E-state index < -0.39 is 0 Å². The Morgan fingerprint density at radius 1 is 1.17 bits per heavy atom. The zero-order valence-corrected chi connectivity index (χ0v) is 12.9. The highest BCUT2D eigenvalue weighted by Crippen LogP contribution is 2.37. The van der Waals surface area contributed by atoms with Crippen molar-refractivity contribution in [3.8, 4) is 0 Å². The second kappa shape index (κ2) is 6.38. The van der Waals surface area contributed by atoms with Gasteiger partial charge in [-0.1, -0.05) is 51.5 Å². The fourth-order valence-corrected chi connectivity index (χ4v) is 2.37. The van der Waals surface area contributed by atoms with Crippen LogP contribution in [0.25, 0.3) is 0 Å². The summed E-state index contributed by atoms with van der Waals surface area (Å²) in [6, 6.07) is 7.24. The number of benzene rings is 1. The lowest BCUT2D eigenvalue weighted by atomic mass is 9.77. The molecule has 0 saturated carbocycles. The largest absolute Gasteiger partial charge is 0.309 e. The fraction of sp³-hybridized carbons (Fsp3) is 0.647. The summed E-state index contributed by atoms with van der Waals surface area (Å²) in [5, 5.41) is 3.74. The van der Waals surface area contributed by atoms with E-state index >= 15 is 0 Å². The zero-order chi connectivity index (χ0) is 13.8. The van der Waals surface area contributed by atoms with Gasteiger partial charge in [0.1, 0.15) is 0 Å². The Balaban J connectivity index is 3.12. The zero-order valence-electron chi connectivity index (χ0n) is 12.9. The van der Waals surface area contributed by atoms with Crippen molar-refractivity contribution in [2.24, 2.45) is 5.41 Å². The molecule has 0 bridgehead atoms. The van der Waals surface area contributed by atoms with Crippen molar-refractivity contribution in [1.82, 2.24) is 5.32 Å². The van der Waals surface area contributed by atoms with E-state index in [2.05, 4.69) is 65.1 Å². The Morgan fingerprint density at radius 2 is 1.83 bits per heavy atom. The second-order valence-electron chi connectivity index (χ2n) is 6.09. The molecule has 1 aromatic carbocycles. The number of hydrogen-bond donors (Lipinski definition) is 1. The first-order valence-corrected chi connectivity index (χ1v) is 7.23. The van der Waals surface area contributed by atoms with E-state index in [1.54, 1.807) is 0 Å². The SMILES string of the molecule is CCCNC(c1cc(C)ccc1C)C(C)(C)CC. The molecule has 0 aromatic heterocycles. The van der Waals surface area contributed by atoms with Crippen molar-refractivity contribution in [1.29, 1.82) is 0 Å². The minimum Gasteiger partial charge on any atom is -0.309 e. The number of hydrogen-bond acceptors (Lipinski definition) is 1. The summed E-state index contributed by atoms with van der Waals surface area (Å²) >= 11 is 0. The molecule has 1 heteroatoms. The van der Waals surface area contributed by atoms with Gasteiger partial charge < -0.3 is 5.32 Å². The Morgan fingerprint density at radius 3 is 2.39 bits per heavy atom. The summed E-state index contributed by atoms with van der Waals surface area (Å²) in [4.78, 5) is 0. The van der Waals surface area contributed by atoms with Gasteiger partial charge in [0.2, 0.25) is 0 Å². The van der Waals surface area contributed by atoms with Crippen molar-refractivity contribution in [3.63, 3.8) is 0 Å². The van der Waals surface area contributed by atoms with E-state index in [-0.39, 0.29) is 5.41 Å². The van der Waals surface area contributed by atoms with Crippen molar-refractivity contribution in [2.75, 3.05) is 6.54 Å². The van der Waals surface area contributed by atoms with Crippen LogP contribution in [-0.2, 0) is 0 Å². The standard InChI is InChI=1S/C17H29N/c1-7-11-18-16(17(5,6)8-2)15-12-13(3)9-10-14(15)4/h9-10,12,16,18H,7-8,11H2,1-6H3. The van der Waals surface area contributed by atoms with Crippen molar-refractivity contribution in [3.05, 3.63) is 34.9 Å². The van der Waals surface area contributed by atoms with Crippen molar-refractivity contribution >= 4 is 0 Å². The highest BCUT2D eigenvalue weighted by molar-refractivity contribution is 5.34. The molecule has 102 valence electrons. The van der Waals surface area contributed by atoms with Crippen LogP contribution in [0.2, 0.25) is 0 Å². The third-order valence-corrected chi connectivity index (χ3v) is 4.04. The smallest absolute Gasteiger partial charge is 0.0374 e. The van der Waals surface area contributed by atoms with Crippen LogP contribution in [0.4, 0.5) is 0 Å². The number of aryl methyl sites for hydroxylation is 2.